The quantitative estimate of drug-likeness (QED) is 0.729. The standard InChI is InChI=1S/C11H23BO3/c1-6-7-8-9(13)12-14-10(2,3)11(4,5)15-12/h9,13H,6-8H2,1-5H3. The monoisotopic (exact) mass is 214 g/mol. The van der Waals surface area contributed by atoms with Gasteiger partial charge in [-0.25, -0.2) is 0 Å². The maximum absolute atomic E-state index is 9.89. The largest absolute Gasteiger partial charge is 0.488 e. The number of aliphatic hydroxyl groups excluding tert-OH is 1. The van der Waals surface area contributed by atoms with Gasteiger partial charge in [-0.3, -0.25) is 0 Å². The summed E-state index contributed by atoms with van der Waals surface area (Å²) in [6.07, 6.45) is 2.83. The van der Waals surface area contributed by atoms with Crippen molar-refractivity contribution in [3.63, 3.8) is 0 Å². The number of hydrogen-bond acceptors (Lipinski definition) is 3. The summed E-state index contributed by atoms with van der Waals surface area (Å²) in [6.45, 7) is 10.1. The van der Waals surface area contributed by atoms with E-state index in [1.807, 2.05) is 27.7 Å². The Kier molecular flexibility index (Phi) is 3.85. The van der Waals surface area contributed by atoms with Gasteiger partial charge in [0.25, 0.3) is 0 Å². The Hall–Kier alpha value is -0.0551. The summed E-state index contributed by atoms with van der Waals surface area (Å²) in [7, 11) is -0.471. The Bertz CT molecular complexity index is 200. The molecule has 0 aromatic carbocycles. The highest BCUT2D eigenvalue weighted by Crippen LogP contribution is 2.37. The maximum atomic E-state index is 9.89. The predicted molar refractivity (Wildman–Crippen MR) is 61.6 cm³/mol. The van der Waals surface area contributed by atoms with Gasteiger partial charge in [-0.15, -0.1) is 0 Å². The van der Waals surface area contributed by atoms with Crippen molar-refractivity contribution in [2.45, 2.75) is 71.1 Å². The van der Waals surface area contributed by atoms with Crippen LogP contribution in [0.2, 0.25) is 0 Å². The SMILES string of the molecule is CCCCC(O)B1OC(C)(C)C(C)(C)O1. The lowest BCUT2D eigenvalue weighted by Crippen LogP contribution is -2.41. The summed E-state index contributed by atoms with van der Waals surface area (Å²) in [4.78, 5) is 0. The lowest BCUT2D eigenvalue weighted by Gasteiger charge is -2.32. The lowest BCUT2D eigenvalue weighted by atomic mass is 9.78. The van der Waals surface area contributed by atoms with Crippen LogP contribution >= 0.6 is 0 Å². The summed E-state index contributed by atoms with van der Waals surface area (Å²) in [5.74, 6) is 0. The maximum Gasteiger partial charge on any atom is 0.488 e. The molecule has 1 aliphatic heterocycles. The van der Waals surface area contributed by atoms with Gasteiger partial charge < -0.3 is 14.4 Å². The van der Waals surface area contributed by atoms with Crippen LogP contribution in [0.15, 0.2) is 0 Å². The van der Waals surface area contributed by atoms with E-state index in [9.17, 15) is 5.11 Å². The molecule has 88 valence electrons. The first-order valence-electron chi connectivity index (χ1n) is 5.84. The Morgan fingerprint density at radius 1 is 1.13 bits per heavy atom. The highest BCUT2D eigenvalue weighted by Gasteiger charge is 2.53. The second-order valence-corrected chi connectivity index (χ2v) is 5.33. The summed E-state index contributed by atoms with van der Waals surface area (Å²) in [5, 5.41) is 9.89. The van der Waals surface area contributed by atoms with Crippen LogP contribution in [0, 0.1) is 0 Å². The Labute approximate surface area is 93.3 Å². The average molecular weight is 214 g/mol. The fourth-order valence-corrected chi connectivity index (χ4v) is 1.60. The average Bonchev–Trinajstić information content (AvgIpc) is 2.32. The predicted octanol–water partition coefficient (Wildman–Crippen LogP) is 2.17. The minimum absolute atomic E-state index is 0.342. The molecule has 1 aliphatic rings. The van der Waals surface area contributed by atoms with Gasteiger partial charge in [0, 0.05) is 0 Å². The first-order chi connectivity index (χ1) is 6.80. The van der Waals surface area contributed by atoms with Gasteiger partial charge in [-0.05, 0) is 34.1 Å². The van der Waals surface area contributed by atoms with Gasteiger partial charge in [0.05, 0.1) is 17.2 Å². The van der Waals surface area contributed by atoms with Crippen LogP contribution in [0.5, 0.6) is 0 Å². The smallest absolute Gasteiger partial charge is 0.402 e. The van der Waals surface area contributed by atoms with E-state index in [-0.39, 0.29) is 11.2 Å². The van der Waals surface area contributed by atoms with Crippen molar-refractivity contribution in [3.8, 4) is 0 Å². The molecule has 0 saturated carbocycles. The summed E-state index contributed by atoms with van der Waals surface area (Å²) in [6, 6.07) is -0.508. The van der Waals surface area contributed by atoms with Crippen molar-refractivity contribution in [1.82, 2.24) is 0 Å². The molecule has 0 spiro atoms. The molecule has 1 fully saturated rings. The Morgan fingerprint density at radius 3 is 2.00 bits per heavy atom. The van der Waals surface area contributed by atoms with Crippen LogP contribution in [0.4, 0.5) is 0 Å². The molecular formula is C11H23BO3. The van der Waals surface area contributed by atoms with Crippen LogP contribution in [0.3, 0.4) is 0 Å². The van der Waals surface area contributed by atoms with E-state index in [1.165, 1.54) is 0 Å². The zero-order valence-electron chi connectivity index (χ0n) is 10.5. The van der Waals surface area contributed by atoms with Gasteiger partial charge in [0.2, 0.25) is 0 Å². The molecular weight excluding hydrogens is 191 g/mol. The van der Waals surface area contributed by atoms with E-state index in [1.54, 1.807) is 0 Å². The van der Waals surface area contributed by atoms with Crippen LogP contribution in [-0.4, -0.2) is 29.4 Å². The fourth-order valence-electron chi connectivity index (χ4n) is 1.60. The van der Waals surface area contributed by atoms with Crippen molar-refractivity contribution < 1.29 is 14.4 Å². The molecule has 4 heteroatoms. The lowest BCUT2D eigenvalue weighted by molar-refractivity contribution is 0.00578. The minimum Gasteiger partial charge on any atom is -0.402 e. The van der Waals surface area contributed by atoms with E-state index in [0.717, 1.165) is 19.3 Å². The number of hydrogen-bond donors (Lipinski definition) is 1. The molecule has 1 rings (SSSR count). The van der Waals surface area contributed by atoms with Crippen LogP contribution < -0.4 is 0 Å². The molecule has 0 bridgehead atoms. The van der Waals surface area contributed by atoms with Gasteiger partial charge in [0.1, 0.15) is 0 Å². The van der Waals surface area contributed by atoms with Crippen LogP contribution in [-0.2, 0) is 9.31 Å². The first kappa shape index (κ1) is 13.0. The first-order valence-corrected chi connectivity index (χ1v) is 5.84. The molecule has 0 aromatic heterocycles. The van der Waals surface area contributed by atoms with Crippen molar-refractivity contribution in [1.29, 1.82) is 0 Å². The molecule has 1 unspecified atom stereocenters. The van der Waals surface area contributed by atoms with Crippen LogP contribution in [0.25, 0.3) is 0 Å². The minimum atomic E-state index is -0.508. The number of unbranched alkanes of at least 4 members (excludes halogenated alkanes) is 1. The Morgan fingerprint density at radius 2 is 1.60 bits per heavy atom. The highest BCUT2D eigenvalue weighted by atomic mass is 16.7. The third-order valence-corrected chi connectivity index (χ3v) is 3.44. The van der Waals surface area contributed by atoms with Gasteiger partial charge in [-0.1, -0.05) is 19.8 Å². The second-order valence-electron chi connectivity index (χ2n) is 5.33. The third kappa shape index (κ3) is 2.74. The molecule has 3 nitrogen and oxygen atoms in total. The van der Waals surface area contributed by atoms with Crippen LogP contribution in [0.1, 0.15) is 53.9 Å². The van der Waals surface area contributed by atoms with E-state index < -0.39 is 13.1 Å². The zero-order valence-corrected chi connectivity index (χ0v) is 10.5. The topological polar surface area (TPSA) is 38.7 Å². The van der Waals surface area contributed by atoms with E-state index in [4.69, 9.17) is 9.31 Å². The third-order valence-electron chi connectivity index (χ3n) is 3.44. The van der Waals surface area contributed by atoms with Gasteiger partial charge in [0.15, 0.2) is 0 Å². The summed E-state index contributed by atoms with van der Waals surface area (Å²) < 4.78 is 11.5. The van der Waals surface area contributed by atoms with Crippen molar-refractivity contribution in [2.75, 3.05) is 0 Å². The zero-order chi connectivity index (χ0) is 11.7. The number of rotatable bonds is 4. The van der Waals surface area contributed by atoms with Crippen molar-refractivity contribution in [2.24, 2.45) is 0 Å². The molecule has 15 heavy (non-hydrogen) atoms. The van der Waals surface area contributed by atoms with Gasteiger partial charge >= 0.3 is 7.12 Å². The molecule has 0 aliphatic carbocycles. The second kappa shape index (κ2) is 4.44. The summed E-state index contributed by atoms with van der Waals surface area (Å²) in [5.41, 5.74) is -0.685. The van der Waals surface area contributed by atoms with E-state index in [0.29, 0.717) is 0 Å². The molecule has 1 saturated heterocycles. The molecule has 1 atom stereocenters. The normalized spacial score (nSPS) is 25.6. The van der Waals surface area contributed by atoms with Gasteiger partial charge in [-0.2, -0.15) is 0 Å². The van der Waals surface area contributed by atoms with Crippen molar-refractivity contribution >= 4 is 7.12 Å². The molecule has 0 radical (unpaired) electrons. The molecule has 0 amide bonds. The van der Waals surface area contributed by atoms with E-state index >= 15 is 0 Å². The molecule has 0 aromatic rings. The summed E-state index contributed by atoms with van der Waals surface area (Å²) >= 11 is 0. The molecule has 1 N–H and O–H groups in total. The Balaban J connectivity index is 2.54. The molecule has 1 heterocycles. The van der Waals surface area contributed by atoms with E-state index in [2.05, 4.69) is 6.92 Å². The highest BCUT2D eigenvalue weighted by molar-refractivity contribution is 6.47. The fraction of sp³-hybridized carbons (Fsp3) is 1.00. The number of aliphatic hydroxyl groups is 1. The van der Waals surface area contributed by atoms with Crippen molar-refractivity contribution in [3.05, 3.63) is 0 Å².